The highest BCUT2D eigenvalue weighted by Gasteiger charge is 2.66. The molecule has 0 aliphatic carbocycles. The molecule has 1 spiro atoms. The molecule has 8 rings (SSSR count). The van der Waals surface area contributed by atoms with E-state index in [-0.39, 0.29) is 30.9 Å². The summed E-state index contributed by atoms with van der Waals surface area (Å²) < 4.78 is 26.0. The number of aliphatic hydroxyl groups excluding tert-OH is 1. The number of rotatable bonds is 10. The Bertz CT molecular complexity index is 2210. The predicted octanol–water partition coefficient (Wildman–Crippen LogP) is 8.19. The van der Waals surface area contributed by atoms with Crippen LogP contribution in [0.15, 0.2) is 108 Å². The third-order valence-corrected chi connectivity index (χ3v) is 14.4. The predicted molar refractivity (Wildman–Crippen MR) is 212 cm³/mol. The van der Waals surface area contributed by atoms with Crippen LogP contribution in [0.3, 0.4) is 0 Å². The molecule has 9 nitrogen and oxygen atoms in total. The number of para-hydroxylation sites is 1. The van der Waals surface area contributed by atoms with Crippen LogP contribution in [0, 0.1) is 5.92 Å². The maximum atomic E-state index is 16.5. The van der Waals surface area contributed by atoms with Crippen molar-refractivity contribution < 1.29 is 23.5 Å². The average molecular weight is 809 g/mol. The molecule has 278 valence electrons. The topological polar surface area (TPSA) is 101 Å². The monoisotopic (exact) mass is 807 g/mol. The first kappa shape index (κ1) is 36.5. The molecule has 5 atom stereocenters. The van der Waals surface area contributed by atoms with E-state index >= 15 is 8.90 Å². The number of hydrogen-bond donors (Lipinski definition) is 1. The van der Waals surface area contributed by atoms with Crippen LogP contribution in [0.4, 0.5) is 21.2 Å². The zero-order chi connectivity index (χ0) is 37.8. The highest BCUT2D eigenvalue weighted by Crippen LogP contribution is 2.60. The molecule has 3 aliphatic rings. The van der Waals surface area contributed by atoms with Gasteiger partial charge in [0.05, 0.1) is 42.2 Å². The van der Waals surface area contributed by atoms with Gasteiger partial charge in [-0.1, -0.05) is 88.7 Å². The van der Waals surface area contributed by atoms with E-state index in [2.05, 4.69) is 32.3 Å². The molecule has 1 N–H and O–H groups in total. The van der Waals surface area contributed by atoms with Crippen LogP contribution >= 0.6 is 15.9 Å². The standard InChI is InChI=1S/C42H43BrFN5O4Si/c1-27-40(54(2,3)44)38(20-21-47-25-35(45-46-47)33(26-50)29-11-5-4-6-12-29)53-42(27)34-23-31(43)17-18-37(34)48(41(42)52)24-28-10-9-14-32(22-28)49-36-15-8-7-13-30(36)16-19-39(49)51/h4-15,17-18,22-23,25,27,33,38,40,50H,16,19-21,24,26H2,1-3H3/t27-,33?,38+,40-,42+/m0/s1. The number of carbonyl (C=O) groups excluding carboxylic acids is 2. The summed E-state index contributed by atoms with van der Waals surface area (Å²) in [4.78, 5) is 31.8. The number of halogens is 2. The number of aliphatic hydroxyl groups is 1. The summed E-state index contributed by atoms with van der Waals surface area (Å²) in [7, 11) is -3.39. The number of anilines is 3. The molecule has 4 heterocycles. The molecule has 12 heteroatoms. The Morgan fingerprint density at radius 1 is 0.981 bits per heavy atom. The lowest BCUT2D eigenvalue weighted by Gasteiger charge is -2.31. The van der Waals surface area contributed by atoms with Gasteiger partial charge in [-0.3, -0.25) is 19.2 Å². The molecule has 0 radical (unpaired) electrons. The van der Waals surface area contributed by atoms with Gasteiger partial charge in [-0.2, -0.15) is 0 Å². The molecule has 0 saturated carbocycles. The largest absolute Gasteiger partial charge is 0.395 e. The SMILES string of the molecule is C[C@H]1[C@H]([Si](C)(C)F)[C@@H](CCn2cc(C(CO)c3ccccc3)nn2)O[C@]12C(=O)N(Cc1cccc(N3C(=O)CCc4ccccc43)c1)c1ccc(Br)cc12. The number of hydrogen-bond acceptors (Lipinski definition) is 6. The Morgan fingerprint density at radius 3 is 2.54 bits per heavy atom. The van der Waals surface area contributed by atoms with E-state index in [0.717, 1.165) is 43.8 Å². The molecule has 4 aromatic carbocycles. The Hall–Kier alpha value is -4.49. The molecule has 0 bridgehead atoms. The van der Waals surface area contributed by atoms with Crippen molar-refractivity contribution in [3.05, 3.63) is 136 Å². The lowest BCUT2D eigenvalue weighted by Crippen LogP contribution is -2.45. The van der Waals surface area contributed by atoms with Gasteiger partial charge in [0.1, 0.15) is 0 Å². The van der Waals surface area contributed by atoms with Crippen LogP contribution in [-0.4, -0.2) is 53.0 Å². The number of ether oxygens (including phenoxy) is 1. The first-order chi connectivity index (χ1) is 26.0. The Labute approximate surface area is 324 Å². The van der Waals surface area contributed by atoms with Crippen molar-refractivity contribution in [2.45, 2.75) is 75.5 Å². The Balaban J connectivity index is 1.08. The number of aromatic nitrogens is 3. The van der Waals surface area contributed by atoms with Gasteiger partial charge < -0.3 is 18.9 Å². The molecular weight excluding hydrogens is 765 g/mol. The van der Waals surface area contributed by atoms with Gasteiger partial charge in [-0.05, 0) is 79.0 Å². The maximum Gasteiger partial charge on any atom is 0.264 e. The van der Waals surface area contributed by atoms with Gasteiger partial charge in [0, 0.05) is 46.3 Å². The molecule has 1 fully saturated rings. The smallest absolute Gasteiger partial charge is 0.264 e. The summed E-state index contributed by atoms with van der Waals surface area (Å²) in [6.07, 6.45) is 2.84. The molecule has 1 unspecified atom stereocenters. The van der Waals surface area contributed by atoms with Crippen molar-refractivity contribution in [3.63, 3.8) is 0 Å². The van der Waals surface area contributed by atoms with Crippen molar-refractivity contribution in [1.29, 1.82) is 0 Å². The summed E-state index contributed by atoms with van der Waals surface area (Å²) >= 11 is 3.64. The zero-order valence-electron chi connectivity index (χ0n) is 30.5. The fraction of sp³-hybridized carbons (Fsp3) is 0.333. The quantitative estimate of drug-likeness (QED) is 0.113. The summed E-state index contributed by atoms with van der Waals surface area (Å²) in [5, 5.41) is 18.9. The lowest BCUT2D eigenvalue weighted by atomic mass is 9.82. The maximum absolute atomic E-state index is 16.5. The van der Waals surface area contributed by atoms with Crippen molar-refractivity contribution in [3.8, 4) is 0 Å². The molecule has 1 aromatic heterocycles. The van der Waals surface area contributed by atoms with Gasteiger partial charge >= 0.3 is 0 Å². The second-order valence-electron chi connectivity index (χ2n) is 15.2. The number of nitrogens with zero attached hydrogens (tertiary/aromatic N) is 5. The highest BCUT2D eigenvalue weighted by molar-refractivity contribution is 9.10. The minimum Gasteiger partial charge on any atom is -0.395 e. The van der Waals surface area contributed by atoms with Crippen molar-refractivity contribution in [2.75, 3.05) is 16.4 Å². The molecule has 2 amide bonds. The number of amides is 2. The zero-order valence-corrected chi connectivity index (χ0v) is 33.1. The van der Waals surface area contributed by atoms with Crippen LogP contribution in [0.25, 0.3) is 0 Å². The fourth-order valence-corrected chi connectivity index (χ4v) is 11.9. The third-order valence-electron chi connectivity index (χ3n) is 11.5. The van der Waals surface area contributed by atoms with Gasteiger partial charge in [0.15, 0.2) is 5.60 Å². The average Bonchev–Trinajstić information content (AvgIpc) is 3.81. The van der Waals surface area contributed by atoms with Gasteiger partial charge in [0.25, 0.3) is 5.91 Å². The van der Waals surface area contributed by atoms with E-state index in [1.807, 2.05) is 104 Å². The van der Waals surface area contributed by atoms with Crippen molar-refractivity contribution in [1.82, 2.24) is 15.0 Å². The Morgan fingerprint density at radius 2 is 1.76 bits per heavy atom. The number of carbonyl (C=O) groups is 2. The lowest BCUT2D eigenvalue weighted by molar-refractivity contribution is -0.146. The van der Waals surface area contributed by atoms with E-state index in [1.165, 1.54) is 0 Å². The first-order valence-corrected chi connectivity index (χ1v) is 22.3. The summed E-state index contributed by atoms with van der Waals surface area (Å²) in [5.41, 5.74) is 4.82. The van der Waals surface area contributed by atoms with Crippen LogP contribution in [0.2, 0.25) is 18.6 Å². The number of benzene rings is 4. The highest BCUT2D eigenvalue weighted by atomic mass is 79.9. The first-order valence-electron chi connectivity index (χ1n) is 18.5. The molecule has 54 heavy (non-hydrogen) atoms. The fourth-order valence-electron chi connectivity index (χ4n) is 9.03. The van der Waals surface area contributed by atoms with E-state index in [9.17, 15) is 9.90 Å². The molecule has 3 aliphatic heterocycles. The Kier molecular flexibility index (Phi) is 9.66. The van der Waals surface area contributed by atoms with E-state index in [1.54, 1.807) is 27.6 Å². The minimum atomic E-state index is -3.39. The normalized spacial score (nSPS) is 22.9. The van der Waals surface area contributed by atoms with E-state index in [4.69, 9.17) is 4.74 Å². The van der Waals surface area contributed by atoms with Crippen LogP contribution in [0.5, 0.6) is 0 Å². The summed E-state index contributed by atoms with van der Waals surface area (Å²) in [5.74, 6) is -0.941. The second-order valence-corrected chi connectivity index (χ2v) is 19.9. The van der Waals surface area contributed by atoms with Crippen LogP contribution in [-0.2, 0) is 39.4 Å². The van der Waals surface area contributed by atoms with E-state index in [0.29, 0.717) is 31.5 Å². The third kappa shape index (κ3) is 6.32. The number of aryl methyl sites for hydroxylation is 2. The van der Waals surface area contributed by atoms with Gasteiger partial charge in [0.2, 0.25) is 14.3 Å². The minimum absolute atomic E-state index is 0.0343. The second kappa shape index (κ2) is 14.3. The molecule has 1 saturated heterocycles. The molecular formula is C42H43BrFN5O4Si. The van der Waals surface area contributed by atoms with Gasteiger partial charge in [-0.25, -0.2) is 0 Å². The van der Waals surface area contributed by atoms with Crippen LogP contribution < -0.4 is 9.80 Å². The van der Waals surface area contributed by atoms with Crippen molar-refractivity contribution >= 4 is 53.2 Å². The number of fused-ring (bicyclic) bond motifs is 3. The van der Waals surface area contributed by atoms with Crippen molar-refractivity contribution in [2.24, 2.45) is 5.92 Å². The summed E-state index contributed by atoms with van der Waals surface area (Å²) in [6.45, 7) is 5.91. The van der Waals surface area contributed by atoms with Gasteiger partial charge in [-0.15, -0.1) is 5.10 Å². The molecule has 5 aromatic rings. The van der Waals surface area contributed by atoms with E-state index < -0.39 is 31.6 Å². The summed E-state index contributed by atoms with van der Waals surface area (Å²) in [6, 6.07) is 31.2. The van der Waals surface area contributed by atoms with Crippen LogP contribution in [0.1, 0.15) is 53.6 Å².